The van der Waals surface area contributed by atoms with E-state index in [2.05, 4.69) is 10.6 Å². The Morgan fingerprint density at radius 3 is 2.20 bits per heavy atom. The van der Waals surface area contributed by atoms with E-state index < -0.39 is 5.97 Å². The highest BCUT2D eigenvalue weighted by Gasteiger charge is 2.21. The van der Waals surface area contributed by atoms with Gasteiger partial charge in [0.1, 0.15) is 0 Å². The zero-order valence-electron chi connectivity index (χ0n) is 15.3. The summed E-state index contributed by atoms with van der Waals surface area (Å²) in [6, 6.07) is 8.63. The van der Waals surface area contributed by atoms with E-state index in [9.17, 15) is 14.7 Å². The molecule has 0 fully saturated rings. The molecule has 2 amide bonds. The van der Waals surface area contributed by atoms with E-state index in [1.807, 2.05) is 51.1 Å². The number of amides is 2. The average molecular weight is 350 g/mol. The zero-order chi connectivity index (χ0) is 18.9. The van der Waals surface area contributed by atoms with Crippen LogP contribution in [0.4, 0.5) is 4.79 Å². The second kappa shape index (κ2) is 10.0. The number of carbonyl (C=O) groups is 2. The minimum Gasteiger partial charge on any atom is -0.481 e. The van der Waals surface area contributed by atoms with Crippen LogP contribution in [0.1, 0.15) is 45.6 Å². The van der Waals surface area contributed by atoms with Gasteiger partial charge >= 0.3 is 12.0 Å². The van der Waals surface area contributed by atoms with Crippen LogP contribution in [-0.2, 0) is 11.2 Å². The van der Waals surface area contributed by atoms with Crippen molar-refractivity contribution >= 4 is 12.0 Å². The summed E-state index contributed by atoms with van der Waals surface area (Å²) in [5.41, 5.74) is 1.01. The lowest BCUT2D eigenvalue weighted by molar-refractivity contribution is -0.137. The van der Waals surface area contributed by atoms with Gasteiger partial charge < -0.3 is 20.8 Å². The third kappa shape index (κ3) is 9.72. The van der Waals surface area contributed by atoms with Crippen LogP contribution in [0.15, 0.2) is 30.3 Å². The first-order valence-corrected chi connectivity index (χ1v) is 8.63. The molecule has 6 heteroatoms. The van der Waals surface area contributed by atoms with Crippen LogP contribution < -0.4 is 10.6 Å². The summed E-state index contributed by atoms with van der Waals surface area (Å²) in [6.07, 6.45) is 1.55. The smallest absolute Gasteiger partial charge is 0.315 e. The Morgan fingerprint density at radius 1 is 1.08 bits per heavy atom. The maximum Gasteiger partial charge on any atom is 0.315 e. The molecule has 0 aromatic heterocycles. The van der Waals surface area contributed by atoms with E-state index in [4.69, 9.17) is 5.11 Å². The molecule has 2 unspecified atom stereocenters. The van der Waals surface area contributed by atoms with Gasteiger partial charge in [-0.05, 0) is 30.2 Å². The number of urea groups is 1. The fourth-order valence-corrected chi connectivity index (χ4v) is 2.73. The molecule has 0 bridgehead atoms. The van der Waals surface area contributed by atoms with Crippen molar-refractivity contribution in [3.63, 3.8) is 0 Å². The molecular weight excluding hydrogens is 320 g/mol. The average Bonchev–Trinajstić information content (AvgIpc) is 2.51. The molecule has 0 heterocycles. The summed E-state index contributed by atoms with van der Waals surface area (Å²) < 4.78 is 0. The first-order valence-electron chi connectivity index (χ1n) is 8.63. The van der Waals surface area contributed by atoms with Gasteiger partial charge in [0.05, 0.1) is 12.6 Å². The van der Waals surface area contributed by atoms with Gasteiger partial charge in [0.2, 0.25) is 0 Å². The predicted molar refractivity (Wildman–Crippen MR) is 97.4 cm³/mol. The van der Waals surface area contributed by atoms with Crippen LogP contribution in [0.3, 0.4) is 0 Å². The predicted octanol–water partition coefficient (Wildman–Crippen LogP) is 2.56. The molecule has 2 atom stereocenters. The molecule has 0 radical (unpaired) electrons. The molecule has 1 aromatic rings. The van der Waals surface area contributed by atoms with Crippen molar-refractivity contribution in [2.45, 2.75) is 58.5 Å². The molecule has 0 aliphatic rings. The number of benzene rings is 1. The maximum atomic E-state index is 12.3. The van der Waals surface area contributed by atoms with Crippen molar-refractivity contribution in [1.82, 2.24) is 10.6 Å². The van der Waals surface area contributed by atoms with Gasteiger partial charge in [0, 0.05) is 12.5 Å². The quantitative estimate of drug-likeness (QED) is 0.550. The Morgan fingerprint density at radius 2 is 1.68 bits per heavy atom. The molecule has 0 aliphatic heterocycles. The van der Waals surface area contributed by atoms with Crippen LogP contribution in [0.2, 0.25) is 0 Å². The number of aliphatic hydroxyl groups excluding tert-OH is 1. The first kappa shape index (κ1) is 21.0. The third-order valence-corrected chi connectivity index (χ3v) is 3.78. The van der Waals surface area contributed by atoms with Gasteiger partial charge in [-0.2, -0.15) is 0 Å². The van der Waals surface area contributed by atoms with Crippen molar-refractivity contribution in [2.24, 2.45) is 5.41 Å². The molecule has 0 aliphatic carbocycles. The highest BCUT2D eigenvalue weighted by molar-refractivity contribution is 5.74. The standard InChI is InChI=1S/C19H30N2O4/c1-19(2,3)12-16(13-22)21-18(25)20-15(9-10-17(23)24)11-14-7-5-4-6-8-14/h4-8,15-16,22H,9-13H2,1-3H3,(H,23,24)(H2,20,21,25). The van der Waals surface area contributed by atoms with Crippen molar-refractivity contribution in [1.29, 1.82) is 0 Å². The van der Waals surface area contributed by atoms with Crippen LogP contribution in [0.5, 0.6) is 0 Å². The number of rotatable bonds is 9. The lowest BCUT2D eigenvalue weighted by atomic mass is 9.88. The number of aliphatic hydroxyl groups is 1. The van der Waals surface area contributed by atoms with Crippen LogP contribution in [0.25, 0.3) is 0 Å². The van der Waals surface area contributed by atoms with Gasteiger partial charge in [-0.3, -0.25) is 4.79 Å². The summed E-state index contributed by atoms with van der Waals surface area (Å²) >= 11 is 0. The summed E-state index contributed by atoms with van der Waals surface area (Å²) in [7, 11) is 0. The molecule has 4 N–H and O–H groups in total. The molecule has 0 saturated carbocycles. The number of hydrogen-bond acceptors (Lipinski definition) is 3. The minimum absolute atomic E-state index is 0.0107. The van der Waals surface area contributed by atoms with Gasteiger partial charge in [-0.25, -0.2) is 4.79 Å². The van der Waals surface area contributed by atoms with Crippen LogP contribution in [0, 0.1) is 5.41 Å². The van der Waals surface area contributed by atoms with Gasteiger partial charge in [0.15, 0.2) is 0 Å². The third-order valence-electron chi connectivity index (χ3n) is 3.78. The fourth-order valence-electron chi connectivity index (χ4n) is 2.73. The minimum atomic E-state index is -0.888. The van der Waals surface area contributed by atoms with E-state index in [0.29, 0.717) is 19.3 Å². The van der Waals surface area contributed by atoms with Crippen LogP contribution >= 0.6 is 0 Å². The maximum absolute atomic E-state index is 12.3. The monoisotopic (exact) mass is 350 g/mol. The van der Waals surface area contributed by atoms with Crippen molar-refractivity contribution in [3.05, 3.63) is 35.9 Å². The van der Waals surface area contributed by atoms with Crippen molar-refractivity contribution < 1.29 is 19.8 Å². The Balaban J connectivity index is 2.65. The largest absolute Gasteiger partial charge is 0.481 e. The van der Waals surface area contributed by atoms with Gasteiger partial charge in [-0.15, -0.1) is 0 Å². The molecule has 1 rings (SSSR count). The number of carboxylic acid groups (broad SMARTS) is 1. The Bertz CT molecular complexity index is 540. The Kier molecular flexibility index (Phi) is 8.41. The second-order valence-corrected chi connectivity index (χ2v) is 7.58. The lowest BCUT2D eigenvalue weighted by Crippen LogP contribution is -2.49. The highest BCUT2D eigenvalue weighted by atomic mass is 16.4. The molecular formula is C19H30N2O4. The van der Waals surface area contributed by atoms with Gasteiger partial charge in [-0.1, -0.05) is 51.1 Å². The van der Waals surface area contributed by atoms with E-state index in [-0.39, 0.29) is 36.6 Å². The molecule has 6 nitrogen and oxygen atoms in total. The summed E-state index contributed by atoms with van der Waals surface area (Å²) in [5, 5.41) is 24.0. The molecule has 140 valence electrons. The van der Waals surface area contributed by atoms with Crippen molar-refractivity contribution in [2.75, 3.05) is 6.61 Å². The van der Waals surface area contributed by atoms with Crippen LogP contribution in [-0.4, -0.2) is 40.9 Å². The highest BCUT2D eigenvalue weighted by Crippen LogP contribution is 2.20. The Labute approximate surface area is 149 Å². The van der Waals surface area contributed by atoms with E-state index in [1.165, 1.54) is 0 Å². The lowest BCUT2D eigenvalue weighted by Gasteiger charge is -2.26. The molecule has 25 heavy (non-hydrogen) atoms. The SMILES string of the molecule is CC(C)(C)CC(CO)NC(=O)NC(CCC(=O)O)Cc1ccccc1. The Hall–Kier alpha value is -2.08. The number of nitrogens with one attached hydrogen (secondary N) is 2. The van der Waals surface area contributed by atoms with E-state index in [0.717, 1.165) is 5.56 Å². The second-order valence-electron chi connectivity index (χ2n) is 7.58. The molecule has 0 saturated heterocycles. The topological polar surface area (TPSA) is 98.7 Å². The number of carbonyl (C=O) groups excluding carboxylic acids is 1. The molecule has 0 spiro atoms. The number of aliphatic carboxylic acids is 1. The van der Waals surface area contributed by atoms with Gasteiger partial charge in [0.25, 0.3) is 0 Å². The van der Waals surface area contributed by atoms with Crippen molar-refractivity contribution in [3.8, 4) is 0 Å². The molecule has 1 aromatic carbocycles. The summed E-state index contributed by atoms with van der Waals surface area (Å²) in [4.78, 5) is 23.1. The number of hydrogen-bond donors (Lipinski definition) is 4. The first-order chi connectivity index (χ1) is 11.7. The normalized spacial score (nSPS) is 13.8. The fraction of sp³-hybridized carbons (Fsp3) is 0.579. The van der Waals surface area contributed by atoms with E-state index in [1.54, 1.807) is 0 Å². The summed E-state index contributed by atoms with van der Waals surface area (Å²) in [6.45, 7) is 5.99. The van der Waals surface area contributed by atoms with E-state index >= 15 is 0 Å². The zero-order valence-corrected chi connectivity index (χ0v) is 15.3. The summed E-state index contributed by atoms with van der Waals surface area (Å²) in [5.74, 6) is -0.888. The number of carboxylic acids is 1.